The Balaban J connectivity index is 1.97. The highest BCUT2D eigenvalue weighted by Crippen LogP contribution is 2.29. The molecule has 25 heavy (non-hydrogen) atoms. The minimum atomic E-state index is -0.453. The van der Waals surface area contributed by atoms with Crippen molar-refractivity contribution < 1.29 is 9.53 Å². The molecule has 2 heterocycles. The molecule has 0 saturated heterocycles. The molecule has 7 nitrogen and oxygen atoms in total. The lowest BCUT2D eigenvalue weighted by molar-refractivity contribution is 0.0935. The summed E-state index contributed by atoms with van der Waals surface area (Å²) in [6, 6.07) is 8.88. The SMILES string of the molecule is CCc1cc(C(=O)NC(c2ccccc2OC)c2nccn2C)n[nH]1. The van der Waals surface area contributed by atoms with E-state index in [1.54, 1.807) is 19.4 Å². The molecule has 1 unspecified atom stereocenters. The lowest BCUT2D eigenvalue weighted by atomic mass is 10.0. The van der Waals surface area contributed by atoms with Gasteiger partial charge in [0, 0.05) is 30.7 Å². The second-order valence-corrected chi connectivity index (χ2v) is 5.68. The number of hydrogen-bond donors (Lipinski definition) is 2. The lowest BCUT2D eigenvalue weighted by Gasteiger charge is -2.20. The van der Waals surface area contributed by atoms with Crippen molar-refractivity contribution in [2.45, 2.75) is 19.4 Å². The summed E-state index contributed by atoms with van der Waals surface area (Å²) in [6.45, 7) is 2.00. The summed E-state index contributed by atoms with van der Waals surface area (Å²) in [5.41, 5.74) is 2.10. The van der Waals surface area contributed by atoms with E-state index >= 15 is 0 Å². The van der Waals surface area contributed by atoms with Gasteiger partial charge in [0.15, 0.2) is 0 Å². The molecule has 0 aliphatic rings. The van der Waals surface area contributed by atoms with Crippen molar-refractivity contribution in [2.75, 3.05) is 7.11 Å². The fraction of sp³-hybridized carbons (Fsp3) is 0.278. The summed E-state index contributed by atoms with van der Waals surface area (Å²) in [5, 5.41) is 9.97. The van der Waals surface area contributed by atoms with Crippen molar-refractivity contribution in [3.05, 3.63) is 65.5 Å². The molecule has 0 aliphatic carbocycles. The minimum Gasteiger partial charge on any atom is -0.496 e. The van der Waals surface area contributed by atoms with Crippen LogP contribution in [0.5, 0.6) is 5.75 Å². The third-order valence-electron chi connectivity index (χ3n) is 4.09. The predicted molar refractivity (Wildman–Crippen MR) is 93.5 cm³/mol. The highest BCUT2D eigenvalue weighted by Gasteiger charge is 2.25. The molecule has 0 radical (unpaired) electrons. The first-order chi connectivity index (χ1) is 12.1. The second-order valence-electron chi connectivity index (χ2n) is 5.68. The number of aryl methyl sites for hydroxylation is 2. The van der Waals surface area contributed by atoms with Gasteiger partial charge in [0.1, 0.15) is 23.3 Å². The molecule has 7 heteroatoms. The number of ether oxygens (including phenoxy) is 1. The van der Waals surface area contributed by atoms with Gasteiger partial charge in [-0.05, 0) is 18.6 Å². The van der Waals surface area contributed by atoms with Gasteiger partial charge in [-0.25, -0.2) is 4.98 Å². The number of aromatic nitrogens is 4. The Kier molecular flexibility index (Phi) is 4.83. The lowest BCUT2D eigenvalue weighted by Crippen LogP contribution is -2.31. The minimum absolute atomic E-state index is 0.269. The number of H-pyrrole nitrogens is 1. The van der Waals surface area contributed by atoms with Crippen molar-refractivity contribution in [1.82, 2.24) is 25.1 Å². The van der Waals surface area contributed by atoms with E-state index in [1.807, 2.05) is 49.0 Å². The number of aromatic amines is 1. The molecule has 0 spiro atoms. The number of rotatable bonds is 6. The predicted octanol–water partition coefficient (Wildman–Crippen LogP) is 2.23. The zero-order chi connectivity index (χ0) is 17.8. The number of amides is 1. The van der Waals surface area contributed by atoms with E-state index in [-0.39, 0.29) is 5.91 Å². The number of carbonyl (C=O) groups excluding carboxylic acids is 1. The van der Waals surface area contributed by atoms with Crippen LogP contribution in [-0.2, 0) is 13.5 Å². The van der Waals surface area contributed by atoms with E-state index in [0.29, 0.717) is 17.3 Å². The van der Waals surface area contributed by atoms with Crippen LogP contribution in [-0.4, -0.2) is 32.8 Å². The van der Waals surface area contributed by atoms with Gasteiger partial charge in [-0.15, -0.1) is 0 Å². The molecule has 0 aliphatic heterocycles. The third kappa shape index (κ3) is 3.40. The van der Waals surface area contributed by atoms with Crippen LogP contribution in [0.2, 0.25) is 0 Å². The van der Waals surface area contributed by atoms with Crippen molar-refractivity contribution in [1.29, 1.82) is 0 Å². The Hall–Kier alpha value is -3.09. The number of carbonyl (C=O) groups is 1. The van der Waals surface area contributed by atoms with Crippen LogP contribution in [0, 0.1) is 0 Å². The Morgan fingerprint density at radius 2 is 2.20 bits per heavy atom. The van der Waals surface area contributed by atoms with E-state index in [4.69, 9.17) is 4.74 Å². The van der Waals surface area contributed by atoms with Crippen LogP contribution in [0.25, 0.3) is 0 Å². The summed E-state index contributed by atoms with van der Waals surface area (Å²) in [4.78, 5) is 17.1. The molecule has 1 aromatic carbocycles. The maximum Gasteiger partial charge on any atom is 0.272 e. The number of imidazole rings is 1. The van der Waals surface area contributed by atoms with Crippen LogP contribution in [0.1, 0.15) is 40.5 Å². The van der Waals surface area contributed by atoms with Crippen molar-refractivity contribution in [3.63, 3.8) is 0 Å². The topological polar surface area (TPSA) is 84.8 Å². The average Bonchev–Trinajstić information content (AvgIpc) is 3.28. The molecule has 130 valence electrons. The van der Waals surface area contributed by atoms with Gasteiger partial charge in [0.05, 0.1) is 7.11 Å². The highest BCUT2D eigenvalue weighted by molar-refractivity contribution is 5.92. The summed E-state index contributed by atoms with van der Waals surface area (Å²) in [7, 11) is 3.50. The van der Waals surface area contributed by atoms with Gasteiger partial charge in [-0.2, -0.15) is 5.10 Å². The number of methoxy groups -OCH3 is 1. The van der Waals surface area contributed by atoms with Gasteiger partial charge < -0.3 is 14.6 Å². The van der Waals surface area contributed by atoms with Gasteiger partial charge in [-0.3, -0.25) is 9.89 Å². The van der Waals surface area contributed by atoms with Gasteiger partial charge in [-0.1, -0.05) is 25.1 Å². The zero-order valence-corrected chi connectivity index (χ0v) is 14.5. The molecular weight excluding hydrogens is 318 g/mol. The standard InChI is InChI=1S/C18H21N5O2/c1-4-12-11-14(22-21-12)18(24)20-16(17-19-9-10-23(17)2)13-7-5-6-8-15(13)25-3/h5-11,16H,4H2,1-3H3,(H,20,24)(H,21,22). The molecule has 0 fully saturated rings. The van der Waals surface area contributed by atoms with E-state index in [2.05, 4.69) is 20.5 Å². The Morgan fingerprint density at radius 3 is 2.84 bits per heavy atom. The first-order valence-electron chi connectivity index (χ1n) is 8.09. The highest BCUT2D eigenvalue weighted by atomic mass is 16.5. The maximum absolute atomic E-state index is 12.7. The number of nitrogens with zero attached hydrogens (tertiary/aromatic N) is 3. The largest absolute Gasteiger partial charge is 0.496 e. The average molecular weight is 339 g/mol. The molecule has 1 amide bonds. The van der Waals surface area contributed by atoms with Gasteiger partial charge in [0.2, 0.25) is 0 Å². The van der Waals surface area contributed by atoms with Crippen molar-refractivity contribution in [2.24, 2.45) is 7.05 Å². The van der Waals surface area contributed by atoms with Crippen molar-refractivity contribution in [3.8, 4) is 5.75 Å². The van der Waals surface area contributed by atoms with Crippen molar-refractivity contribution >= 4 is 5.91 Å². The fourth-order valence-corrected chi connectivity index (χ4v) is 2.71. The van der Waals surface area contributed by atoms with E-state index in [1.165, 1.54) is 0 Å². The summed E-state index contributed by atoms with van der Waals surface area (Å²) in [6.07, 6.45) is 4.33. The fourth-order valence-electron chi connectivity index (χ4n) is 2.71. The first kappa shape index (κ1) is 16.8. The summed E-state index contributed by atoms with van der Waals surface area (Å²) >= 11 is 0. The van der Waals surface area contributed by atoms with Crippen LogP contribution >= 0.6 is 0 Å². The number of para-hydroxylation sites is 1. The Labute approximate surface area is 146 Å². The van der Waals surface area contributed by atoms with E-state index < -0.39 is 6.04 Å². The van der Waals surface area contributed by atoms with Crippen LogP contribution < -0.4 is 10.1 Å². The maximum atomic E-state index is 12.7. The molecular formula is C18H21N5O2. The van der Waals surface area contributed by atoms with E-state index in [0.717, 1.165) is 17.7 Å². The monoisotopic (exact) mass is 339 g/mol. The first-order valence-corrected chi connectivity index (χ1v) is 8.09. The number of nitrogens with one attached hydrogen (secondary N) is 2. The van der Waals surface area contributed by atoms with E-state index in [9.17, 15) is 4.79 Å². The van der Waals surface area contributed by atoms with Crippen LogP contribution in [0.3, 0.4) is 0 Å². The molecule has 0 bridgehead atoms. The summed E-state index contributed by atoms with van der Waals surface area (Å²) in [5.74, 6) is 1.13. The normalized spacial score (nSPS) is 12.0. The Morgan fingerprint density at radius 1 is 1.40 bits per heavy atom. The molecule has 1 atom stereocenters. The quantitative estimate of drug-likeness (QED) is 0.721. The van der Waals surface area contributed by atoms with Crippen LogP contribution in [0.4, 0.5) is 0 Å². The van der Waals surface area contributed by atoms with Gasteiger partial charge >= 0.3 is 0 Å². The number of benzene rings is 1. The Bertz CT molecular complexity index is 868. The third-order valence-corrected chi connectivity index (χ3v) is 4.09. The zero-order valence-electron chi connectivity index (χ0n) is 14.5. The smallest absolute Gasteiger partial charge is 0.272 e. The molecule has 2 aromatic heterocycles. The molecule has 3 rings (SSSR count). The summed E-state index contributed by atoms with van der Waals surface area (Å²) < 4.78 is 7.34. The van der Waals surface area contributed by atoms with Gasteiger partial charge in [0.25, 0.3) is 5.91 Å². The van der Waals surface area contributed by atoms with Crippen LogP contribution in [0.15, 0.2) is 42.7 Å². The second kappa shape index (κ2) is 7.21. The molecule has 0 saturated carbocycles. The molecule has 2 N–H and O–H groups in total. The molecule has 3 aromatic rings. The number of hydrogen-bond acceptors (Lipinski definition) is 4.